The van der Waals surface area contributed by atoms with Gasteiger partial charge in [-0.05, 0) is 109 Å². The molecule has 0 unspecified atom stereocenters. The number of nitrogens with one attached hydrogen (secondary N) is 2. The van der Waals surface area contributed by atoms with Crippen molar-refractivity contribution < 1.29 is 41.5 Å². The smallest absolute Gasteiger partial charge is 0.336 e. The quantitative estimate of drug-likeness (QED) is 0.0384. The van der Waals surface area contributed by atoms with Gasteiger partial charge in [-0.15, -0.1) is 0 Å². The molecule has 0 aliphatic heterocycles. The number of carboxylic acids is 1. The lowest BCUT2D eigenvalue weighted by atomic mass is 9.92. The third-order valence-corrected chi connectivity index (χ3v) is 9.45. The molecule has 63 heavy (non-hydrogen) atoms. The molecular formula is C53H61ClN4O5. The Hall–Kier alpha value is -6.65. The Kier molecular flexibility index (Phi) is 22.0. The van der Waals surface area contributed by atoms with Gasteiger partial charge in [-0.2, -0.15) is 0 Å². The average Bonchev–Trinajstić information content (AvgIpc) is 3.29. The van der Waals surface area contributed by atoms with Gasteiger partial charge in [-0.1, -0.05) is 135 Å². The molecule has 0 aliphatic carbocycles. The molecule has 0 saturated carbocycles. The largest absolute Gasteiger partial charge is 1.00 e. The van der Waals surface area contributed by atoms with Crippen molar-refractivity contribution in [2.45, 2.75) is 26.7 Å². The van der Waals surface area contributed by atoms with E-state index in [1.54, 1.807) is 0 Å². The van der Waals surface area contributed by atoms with Crippen LogP contribution < -0.4 is 37.8 Å². The summed E-state index contributed by atoms with van der Waals surface area (Å²) in [5, 5.41) is 12.6. The summed E-state index contributed by atoms with van der Waals surface area (Å²) in [7, 11) is 8.11. The highest BCUT2D eigenvalue weighted by atomic mass is 35.5. The summed E-state index contributed by atoms with van der Waals surface area (Å²) in [5.74, 6) is 0.655. The van der Waals surface area contributed by atoms with Gasteiger partial charge in [0, 0.05) is 17.9 Å². The molecule has 0 saturated heterocycles. The van der Waals surface area contributed by atoms with Crippen LogP contribution in [0.1, 0.15) is 48.9 Å². The second-order valence-electron chi connectivity index (χ2n) is 14.9. The SMILES string of the molecule is CCC(=C(C(=O)Nc1ccc(OCCN(C)C)cc1)c1ccccc1)c1ccccc1.CCC(=C(C(=O)O)c1ccccc1)c1ccccc1.C[NH+](C)COc1ccc(N)cc1.[Cl-]. The van der Waals surface area contributed by atoms with Gasteiger partial charge in [-0.25, -0.2) is 4.79 Å². The van der Waals surface area contributed by atoms with E-state index in [1.165, 1.54) is 4.90 Å². The van der Waals surface area contributed by atoms with Gasteiger partial charge in [0.05, 0.1) is 25.2 Å². The Bertz CT molecular complexity index is 2300. The fourth-order valence-electron chi connectivity index (χ4n) is 6.37. The Labute approximate surface area is 379 Å². The number of aliphatic carboxylic acids is 1. The first-order valence-corrected chi connectivity index (χ1v) is 20.9. The molecule has 0 aliphatic rings. The van der Waals surface area contributed by atoms with Crippen LogP contribution in [0.25, 0.3) is 22.3 Å². The second-order valence-corrected chi connectivity index (χ2v) is 14.9. The first-order valence-electron chi connectivity index (χ1n) is 20.9. The standard InChI is InChI=1S/C27H30N2O2.C17H16O2.C9H14N2O.ClH/c1-4-25(21-11-7-5-8-12-21)26(22-13-9-6-10-14-22)27(30)28-23-15-17-24(18-16-23)31-20-19-29(2)3;1-2-15(13-9-5-3-6-10-13)16(17(18)19)14-11-7-4-8-12-14;1-11(2)7-12-9-5-3-8(10)4-6-9;/h5-18H,4,19-20H2,1-3H3,(H,28,30);3-12H,2H2,1H3,(H,18,19);3-6H,7,10H2,1-2H3;1H. The lowest BCUT2D eigenvalue weighted by molar-refractivity contribution is -0.875. The molecule has 0 heterocycles. The molecule has 9 nitrogen and oxygen atoms in total. The zero-order chi connectivity index (χ0) is 44.7. The van der Waals surface area contributed by atoms with Crippen LogP contribution in [0, 0.1) is 0 Å². The fraction of sp³-hybridized carbons (Fsp3) is 0.208. The van der Waals surface area contributed by atoms with Crippen molar-refractivity contribution in [2.24, 2.45) is 0 Å². The van der Waals surface area contributed by atoms with E-state index in [1.807, 2.05) is 193 Å². The Morgan fingerprint density at radius 3 is 1.40 bits per heavy atom. The van der Waals surface area contributed by atoms with Gasteiger partial charge in [0.25, 0.3) is 5.91 Å². The molecule has 6 aromatic carbocycles. The van der Waals surface area contributed by atoms with Crippen molar-refractivity contribution in [1.82, 2.24) is 4.90 Å². The van der Waals surface area contributed by atoms with Crippen molar-refractivity contribution in [3.05, 3.63) is 192 Å². The maximum Gasteiger partial charge on any atom is 0.336 e. The van der Waals surface area contributed by atoms with E-state index in [0.29, 0.717) is 30.9 Å². The molecule has 0 radical (unpaired) electrons. The number of halogens is 1. The number of carbonyl (C=O) groups excluding carboxylic acids is 1. The number of anilines is 2. The maximum absolute atomic E-state index is 13.4. The summed E-state index contributed by atoms with van der Waals surface area (Å²) in [6, 6.07) is 53.8. The number of hydrogen-bond donors (Lipinski definition) is 4. The highest BCUT2D eigenvalue weighted by molar-refractivity contribution is 6.31. The number of nitrogen functional groups attached to an aromatic ring is 1. The van der Waals surface area contributed by atoms with Crippen LogP contribution in [-0.4, -0.2) is 70.0 Å². The number of nitrogens with two attached hydrogens (primary N) is 1. The molecular weight excluding hydrogens is 808 g/mol. The molecule has 10 heteroatoms. The van der Waals surface area contributed by atoms with Crippen LogP contribution in [0.3, 0.4) is 0 Å². The molecule has 0 bridgehead atoms. The number of carboxylic acid groups (broad SMARTS) is 1. The van der Waals surface area contributed by atoms with E-state index in [4.69, 9.17) is 15.2 Å². The number of nitrogens with zero attached hydrogens (tertiary/aromatic N) is 1. The van der Waals surface area contributed by atoms with Crippen molar-refractivity contribution in [3.63, 3.8) is 0 Å². The number of quaternary nitrogens is 1. The van der Waals surface area contributed by atoms with Gasteiger partial charge < -0.3 is 47.8 Å². The lowest BCUT2D eigenvalue weighted by Crippen LogP contribution is -3.06. The fourth-order valence-corrected chi connectivity index (χ4v) is 6.37. The van der Waals surface area contributed by atoms with Gasteiger partial charge in [0.15, 0.2) is 0 Å². The number of hydrogen-bond acceptors (Lipinski definition) is 6. The molecule has 0 fully saturated rings. The van der Waals surface area contributed by atoms with Crippen molar-refractivity contribution in [1.29, 1.82) is 0 Å². The van der Waals surface area contributed by atoms with Gasteiger partial charge >= 0.3 is 5.97 Å². The Morgan fingerprint density at radius 1 is 0.587 bits per heavy atom. The topological polar surface area (TPSA) is 119 Å². The minimum atomic E-state index is -0.882. The number of amides is 1. The van der Waals surface area contributed by atoms with E-state index in [9.17, 15) is 14.7 Å². The monoisotopic (exact) mass is 868 g/mol. The molecule has 1 amide bonds. The van der Waals surface area contributed by atoms with E-state index in [2.05, 4.69) is 29.3 Å². The Morgan fingerprint density at radius 2 is 0.984 bits per heavy atom. The predicted octanol–water partition coefficient (Wildman–Crippen LogP) is 6.43. The van der Waals surface area contributed by atoms with E-state index in [0.717, 1.165) is 69.2 Å². The molecule has 6 aromatic rings. The van der Waals surface area contributed by atoms with Crippen molar-refractivity contribution >= 4 is 45.5 Å². The summed E-state index contributed by atoms with van der Waals surface area (Å²) in [5.41, 5.74) is 13.7. The van der Waals surface area contributed by atoms with Crippen LogP contribution in [-0.2, 0) is 9.59 Å². The minimum Gasteiger partial charge on any atom is -1.00 e. The number of carbonyl (C=O) groups is 2. The number of benzene rings is 6. The van der Waals surface area contributed by atoms with Gasteiger partial charge in [-0.3, -0.25) is 4.79 Å². The average molecular weight is 870 g/mol. The summed E-state index contributed by atoms with van der Waals surface area (Å²) < 4.78 is 11.2. The van der Waals surface area contributed by atoms with Crippen LogP contribution in [0.5, 0.6) is 11.5 Å². The van der Waals surface area contributed by atoms with Gasteiger partial charge in [0.1, 0.15) is 18.1 Å². The van der Waals surface area contributed by atoms with Crippen molar-refractivity contribution in [2.75, 3.05) is 59.1 Å². The highest BCUT2D eigenvalue weighted by Crippen LogP contribution is 2.31. The molecule has 5 N–H and O–H groups in total. The molecule has 0 aromatic heterocycles. The molecule has 0 atom stereocenters. The number of allylic oxidation sites excluding steroid dienone is 2. The molecule has 330 valence electrons. The second kappa shape index (κ2) is 27.3. The first kappa shape index (κ1) is 50.7. The minimum absolute atomic E-state index is 0. The van der Waals surface area contributed by atoms with Crippen molar-refractivity contribution in [3.8, 4) is 11.5 Å². The number of ether oxygens (including phenoxy) is 2. The summed E-state index contributed by atoms with van der Waals surface area (Å²) in [4.78, 5) is 28.4. The Balaban J connectivity index is 0.000000280. The van der Waals surface area contributed by atoms with E-state index >= 15 is 0 Å². The zero-order valence-electron chi connectivity index (χ0n) is 37.2. The first-order chi connectivity index (χ1) is 30.0. The third kappa shape index (κ3) is 17.0. The van der Waals surface area contributed by atoms with Crippen LogP contribution >= 0.6 is 0 Å². The van der Waals surface area contributed by atoms with E-state index < -0.39 is 5.97 Å². The zero-order valence-corrected chi connectivity index (χ0v) is 37.9. The predicted molar refractivity (Wildman–Crippen MR) is 256 cm³/mol. The maximum atomic E-state index is 13.4. The van der Waals surface area contributed by atoms with E-state index in [-0.39, 0.29) is 18.3 Å². The van der Waals surface area contributed by atoms with Gasteiger partial charge in [0.2, 0.25) is 6.73 Å². The summed E-state index contributed by atoms with van der Waals surface area (Å²) in [6.07, 6.45) is 1.43. The van der Waals surface area contributed by atoms with Crippen LogP contribution in [0.15, 0.2) is 170 Å². The number of rotatable bonds is 16. The molecule has 0 spiro atoms. The highest BCUT2D eigenvalue weighted by Gasteiger charge is 2.19. The van der Waals surface area contributed by atoms with Crippen LogP contribution in [0.2, 0.25) is 0 Å². The lowest BCUT2D eigenvalue weighted by Gasteiger charge is -2.16. The third-order valence-electron chi connectivity index (χ3n) is 9.45. The molecule has 6 rings (SSSR count). The normalized spacial score (nSPS) is 11.3. The number of likely N-dealkylation sites (N-methyl/N-ethyl adjacent to an activating group) is 1. The van der Waals surface area contributed by atoms with Crippen LogP contribution in [0.4, 0.5) is 11.4 Å². The summed E-state index contributed by atoms with van der Waals surface area (Å²) >= 11 is 0. The summed E-state index contributed by atoms with van der Waals surface area (Å²) in [6.45, 7) is 6.20.